The highest BCUT2D eigenvalue weighted by molar-refractivity contribution is 6.04. The molecular formula is C19H22N2O4. The Morgan fingerprint density at radius 2 is 1.92 bits per heavy atom. The van der Waals surface area contributed by atoms with Crippen LogP contribution in [0.1, 0.15) is 42.5 Å². The van der Waals surface area contributed by atoms with Gasteiger partial charge in [-0.1, -0.05) is 19.3 Å². The lowest BCUT2D eigenvalue weighted by atomic mass is 9.88. The fourth-order valence-corrected chi connectivity index (χ4v) is 3.08. The van der Waals surface area contributed by atoms with Crippen molar-refractivity contribution in [2.75, 3.05) is 17.7 Å². The quantitative estimate of drug-likeness (QED) is 0.858. The fraction of sp³-hybridized carbons (Fsp3) is 0.368. The molecule has 1 aromatic carbocycles. The minimum atomic E-state index is -0.275. The number of nitrogens with one attached hydrogen (secondary N) is 2. The monoisotopic (exact) mass is 342 g/mol. The van der Waals surface area contributed by atoms with Gasteiger partial charge in [-0.05, 0) is 37.1 Å². The van der Waals surface area contributed by atoms with Crippen molar-refractivity contribution in [1.29, 1.82) is 0 Å². The molecule has 0 radical (unpaired) electrons. The molecule has 132 valence electrons. The maximum Gasteiger partial charge on any atom is 0.258 e. The first kappa shape index (κ1) is 17.1. The summed E-state index contributed by atoms with van der Waals surface area (Å²) in [6.07, 6.45) is 8.05. The summed E-state index contributed by atoms with van der Waals surface area (Å²) in [4.78, 5) is 24.6. The van der Waals surface area contributed by atoms with Gasteiger partial charge in [-0.15, -0.1) is 0 Å². The molecular weight excluding hydrogens is 320 g/mol. The summed E-state index contributed by atoms with van der Waals surface area (Å²) in [5.41, 5.74) is 1.57. The summed E-state index contributed by atoms with van der Waals surface area (Å²) in [5, 5.41) is 5.73. The maximum absolute atomic E-state index is 12.5. The van der Waals surface area contributed by atoms with Crippen LogP contribution in [0.15, 0.2) is 41.2 Å². The number of anilines is 2. The van der Waals surface area contributed by atoms with E-state index in [0.717, 1.165) is 25.7 Å². The number of ether oxygens (including phenoxy) is 1. The third kappa shape index (κ3) is 4.21. The molecule has 1 fully saturated rings. The van der Waals surface area contributed by atoms with Gasteiger partial charge in [-0.2, -0.15) is 0 Å². The maximum atomic E-state index is 12.5. The smallest absolute Gasteiger partial charge is 0.258 e. The molecule has 0 unspecified atom stereocenters. The van der Waals surface area contributed by atoms with E-state index in [9.17, 15) is 9.59 Å². The number of hydrogen-bond acceptors (Lipinski definition) is 4. The van der Waals surface area contributed by atoms with Crippen molar-refractivity contribution < 1.29 is 18.7 Å². The molecule has 2 amide bonds. The van der Waals surface area contributed by atoms with E-state index >= 15 is 0 Å². The van der Waals surface area contributed by atoms with Crippen molar-refractivity contribution in [1.82, 2.24) is 0 Å². The molecule has 2 aromatic rings. The van der Waals surface area contributed by atoms with Crippen LogP contribution in [0.25, 0.3) is 0 Å². The van der Waals surface area contributed by atoms with Gasteiger partial charge in [0.05, 0.1) is 24.6 Å². The molecule has 1 heterocycles. The van der Waals surface area contributed by atoms with Crippen molar-refractivity contribution >= 4 is 23.2 Å². The van der Waals surface area contributed by atoms with E-state index in [4.69, 9.17) is 9.15 Å². The lowest BCUT2D eigenvalue weighted by molar-refractivity contribution is -0.120. The molecule has 0 atom stereocenters. The molecule has 6 nitrogen and oxygen atoms in total. The molecule has 0 spiro atoms. The molecule has 1 aliphatic rings. The Hall–Kier alpha value is -2.76. The first-order valence-electron chi connectivity index (χ1n) is 8.50. The van der Waals surface area contributed by atoms with Crippen LogP contribution in [-0.2, 0) is 4.79 Å². The zero-order valence-electron chi connectivity index (χ0n) is 14.2. The fourth-order valence-electron chi connectivity index (χ4n) is 3.08. The largest absolute Gasteiger partial charge is 0.495 e. The number of hydrogen-bond donors (Lipinski definition) is 2. The molecule has 2 N–H and O–H groups in total. The molecule has 0 bridgehead atoms. The van der Waals surface area contributed by atoms with Crippen LogP contribution in [0, 0.1) is 5.92 Å². The summed E-state index contributed by atoms with van der Waals surface area (Å²) in [6, 6.07) is 6.75. The van der Waals surface area contributed by atoms with Crippen molar-refractivity contribution in [3.8, 4) is 5.75 Å². The third-order valence-electron chi connectivity index (χ3n) is 4.47. The predicted octanol–water partition coefficient (Wildman–Crippen LogP) is 4.06. The van der Waals surface area contributed by atoms with Crippen LogP contribution >= 0.6 is 0 Å². The molecule has 1 saturated carbocycles. The van der Waals surface area contributed by atoms with Crippen LogP contribution in [0.2, 0.25) is 0 Å². The molecule has 1 aliphatic carbocycles. The van der Waals surface area contributed by atoms with E-state index < -0.39 is 0 Å². The number of rotatable bonds is 5. The molecule has 0 aliphatic heterocycles. The van der Waals surface area contributed by atoms with E-state index in [1.54, 1.807) is 31.4 Å². The summed E-state index contributed by atoms with van der Waals surface area (Å²) < 4.78 is 10.2. The Bertz CT molecular complexity index is 734. The molecule has 6 heteroatoms. The molecule has 1 aromatic heterocycles. The lowest BCUT2D eigenvalue weighted by Crippen LogP contribution is -2.25. The standard InChI is InChI=1S/C19H22N2O4/c1-24-17-8-7-15(20-19(23)14-9-10-25-12-14)11-16(17)21-18(22)13-5-3-2-4-6-13/h7-13H,2-6H2,1H3,(H,20,23)(H,21,22). The second kappa shape index (κ2) is 7.88. The summed E-state index contributed by atoms with van der Waals surface area (Å²) in [5.74, 6) is 0.341. The van der Waals surface area contributed by atoms with Crippen molar-refractivity contribution in [2.24, 2.45) is 5.92 Å². The van der Waals surface area contributed by atoms with Gasteiger partial charge in [0, 0.05) is 11.6 Å². The van der Waals surface area contributed by atoms with Gasteiger partial charge in [0.1, 0.15) is 12.0 Å². The predicted molar refractivity (Wildman–Crippen MR) is 94.9 cm³/mol. The van der Waals surface area contributed by atoms with Gasteiger partial charge < -0.3 is 19.8 Å². The Kier molecular flexibility index (Phi) is 5.38. The molecule has 0 saturated heterocycles. The van der Waals surface area contributed by atoms with Gasteiger partial charge in [-0.3, -0.25) is 9.59 Å². The number of carbonyl (C=O) groups is 2. The number of furan rings is 1. The van der Waals surface area contributed by atoms with E-state index in [1.807, 2.05) is 0 Å². The zero-order chi connectivity index (χ0) is 17.6. The molecule has 3 rings (SSSR count). The minimum absolute atomic E-state index is 0.0105. The first-order chi connectivity index (χ1) is 12.2. The minimum Gasteiger partial charge on any atom is -0.495 e. The van der Waals surface area contributed by atoms with Crippen LogP contribution < -0.4 is 15.4 Å². The third-order valence-corrected chi connectivity index (χ3v) is 4.47. The van der Waals surface area contributed by atoms with Crippen molar-refractivity contribution in [3.63, 3.8) is 0 Å². The van der Waals surface area contributed by atoms with Gasteiger partial charge in [-0.25, -0.2) is 0 Å². The van der Waals surface area contributed by atoms with Gasteiger partial charge >= 0.3 is 0 Å². The second-order valence-electron chi connectivity index (χ2n) is 6.21. The SMILES string of the molecule is COc1ccc(NC(=O)c2ccoc2)cc1NC(=O)C1CCCCC1. The lowest BCUT2D eigenvalue weighted by Gasteiger charge is -2.21. The Labute approximate surface area is 146 Å². The van der Waals surface area contributed by atoms with E-state index in [2.05, 4.69) is 10.6 Å². The van der Waals surface area contributed by atoms with Gasteiger partial charge in [0.15, 0.2) is 0 Å². The average Bonchev–Trinajstić information content (AvgIpc) is 3.17. The average molecular weight is 342 g/mol. The van der Waals surface area contributed by atoms with Crippen molar-refractivity contribution in [2.45, 2.75) is 32.1 Å². The highest BCUT2D eigenvalue weighted by Gasteiger charge is 2.22. The van der Waals surface area contributed by atoms with Crippen LogP contribution in [0.3, 0.4) is 0 Å². The van der Waals surface area contributed by atoms with Crippen molar-refractivity contribution in [3.05, 3.63) is 42.4 Å². The van der Waals surface area contributed by atoms with Crippen LogP contribution in [-0.4, -0.2) is 18.9 Å². The highest BCUT2D eigenvalue weighted by atomic mass is 16.5. The second-order valence-corrected chi connectivity index (χ2v) is 6.21. The van der Waals surface area contributed by atoms with E-state index in [1.165, 1.54) is 18.9 Å². The van der Waals surface area contributed by atoms with E-state index in [0.29, 0.717) is 22.7 Å². The Morgan fingerprint density at radius 1 is 1.12 bits per heavy atom. The summed E-state index contributed by atoms with van der Waals surface area (Å²) in [7, 11) is 1.55. The van der Waals surface area contributed by atoms with Crippen LogP contribution in [0.5, 0.6) is 5.75 Å². The Balaban J connectivity index is 1.73. The van der Waals surface area contributed by atoms with Crippen LogP contribution in [0.4, 0.5) is 11.4 Å². The Morgan fingerprint density at radius 3 is 2.60 bits per heavy atom. The van der Waals surface area contributed by atoms with Gasteiger partial charge in [0.2, 0.25) is 5.91 Å². The number of amides is 2. The molecule has 25 heavy (non-hydrogen) atoms. The number of methoxy groups -OCH3 is 1. The first-order valence-corrected chi connectivity index (χ1v) is 8.50. The van der Waals surface area contributed by atoms with Gasteiger partial charge in [0.25, 0.3) is 5.91 Å². The van der Waals surface area contributed by atoms with E-state index in [-0.39, 0.29) is 17.7 Å². The topological polar surface area (TPSA) is 80.6 Å². The zero-order valence-corrected chi connectivity index (χ0v) is 14.2. The highest BCUT2D eigenvalue weighted by Crippen LogP contribution is 2.30. The normalized spacial score (nSPS) is 14.8. The number of benzene rings is 1. The summed E-state index contributed by atoms with van der Waals surface area (Å²) in [6.45, 7) is 0. The summed E-state index contributed by atoms with van der Waals surface area (Å²) >= 11 is 0. The number of carbonyl (C=O) groups excluding carboxylic acids is 2.